The van der Waals surface area contributed by atoms with Crippen LogP contribution in [0.1, 0.15) is 16.2 Å². The molecule has 0 atom stereocenters. The van der Waals surface area contributed by atoms with E-state index in [0.29, 0.717) is 43.5 Å². The Morgan fingerprint density at radius 1 is 1.20 bits per heavy atom. The molecule has 2 aromatic heterocycles. The molecule has 8 heteroatoms. The molecule has 0 unspecified atom stereocenters. The predicted molar refractivity (Wildman–Crippen MR) is 116 cm³/mol. The smallest absolute Gasteiger partial charge is 0.257 e. The summed E-state index contributed by atoms with van der Waals surface area (Å²) in [7, 11) is 0. The first-order chi connectivity index (χ1) is 14.7. The number of allylic oxidation sites excluding steroid dienone is 1. The van der Waals surface area contributed by atoms with Crippen molar-refractivity contribution < 1.29 is 9.53 Å². The van der Waals surface area contributed by atoms with E-state index in [2.05, 4.69) is 20.3 Å². The highest BCUT2D eigenvalue weighted by Crippen LogP contribution is 2.25. The number of carbonyl (C=O) groups excluding carboxylic acids is 1. The number of hydrogen-bond donors (Lipinski definition) is 3. The largest absolute Gasteiger partial charge is 0.378 e. The molecule has 1 amide bonds. The molecule has 0 radical (unpaired) electrons. The number of aromatic amines is 1. The summed E-state index contributed by atoms with van der Waals surface area (Å²) in [5, 5.41) is 10.3. The number of ether oxygens (including phenoxy) is 1. The van der Waals surface area contributed by atoms with E-state index >= 15 is 0 Å². The lowest BCUT2D eigenvalue weighted by Crippen LogP contribution is -2.40. The van der Waals surface area contributed by atoms with Gasteiger partial charge < -0.3 is 25.3 Å². The van der Waals surface area contributed by atoms with E-state index in [9.17, 15) is 4.79 Å². The number of nitrogens with zero attached hydrogens (tertiary/aromatic N) is 3. The van der Waals surface area contributed by atoms with E-state index in [4.69, 9.17) is 10.1 Å². The molecule has 4 rings (SSSR count). The fourth-order valence-corrected chi connectivity index (χ4v) is 3.22. The molecule has 1 aliphatic heterocycles. The van der Waals surface area contributed by atoms with E-state index in [0.717, 1.165) is 16.9 Å². The van der Waals surface area contributed by atoms with Gasteiger partial charge in [0, 0.05) is 36.8 Å². The van der Waals surface area contributed by atoms with E-state index in [1.165, 1.54) is 6.21 Å². The second-order valence-corrected chi connectivity index (χ2v) is 6.72. The van der Waals surface area contributed by atoms with E-state index in [1.807, 2.05) is 24.3 Å². The van der Waals surface area contributed by atoms with Gasteiger partial charge in [-0.2, -0.15) is 0 Å². The van der Waals surface area contributed by atoms with Gasteiger partial charge in [-0.05, 0) is 36.4 Å². The first kappa shape index (κ1) is 19.5. The maximum absolute atomic E-state index is 12.9. The summed E-state index contributed by atoms with van der Waals surface area (Å²) in [6.07, 6.45) is 7.95. The summed E-state index contributed by atoms with van der Waals surface area (Å²) in [6, 6.07) is 11.3. The molecular formula is C22H22N6O2. The van der Waals surface area contributed by atoms with Crippen LogP contribution in [-0.4, -0.2) is 58.3 Å². The van der Waals surface area contributed by atoms with Crippen LogP contribution >= 0.6 is 0 Å². The molecular weight excluding hydrogens is 380 g/mol. The first-order valence-corrected chi connectivity index (χ1v) is 9.66. The molecule has 3 aromatic rings. The van der Waals surface area contributed by atoms with E-state index < -0.39 is 0 Å². The molecule has 1 aromatic carbocycles. The molecule has 1 aliphatic rings. The summed E-state index contributed by atoms with van der Waals surface area (Å²) in [4.78, 5) is 26.6. The van der Waals surface area contributed by atoms with Gasteiger partial charge >= 0.3 is 0 Å². The van der Waals surface area contributed by atoms with Gasteiger partial charge in [-0.3, -0.25) is 4.79 Å². The van der Waals surface area contributed by atoms with Crippen LogP contribution < -0.4 is 5.32 Å². The summed E-state index contributed by atoms with van der Waals surface area (Å²) in [5.74, 6) is 1.14. The summed E-state index contributed by atoms with van der Waals surface area (Å²) < 4.78 is 5.34. The van der Waals surface area contributed by atoms with Gasteiger partial charge in [-0.25, -0.2) is 9.97 Å². The molecule has 0 spiro atoms. The van der Waals surface area contributed by atoms with Gasteiger partial charge in [0.1, 0.15) is 11.6 Å². The number of imidazole rings is 1. The Bertz CT molecular complexity index is 1070. The zero-order valence-corrected chi connectivity index (χ0v) is 16.3. The minimum absolute atomic E-state index is 0.0544. The Kier molecular flexibility index (Phi) is 5.95. The number of aromatic nitrogens is 3. The summed E-state index contributed by atoms with van der Waals surface area (Å²) >= 11 is 0. The van der Waals surface area contributed by atoms with Gasteiger partial charge in [0.15, 0.2) is 0 Å². The second-order valence-electron chi connectivity index (χ2n) is 6.72. The fraction of sp³-hybridized carbons (Fsp3) is 0.182. The second kappa shape index (κ2) is 9.15. The minimum atomic E-state index is -0.0544. The molecule has 8 nitrogen and oxygen atoms in total. The lowest BCUT2D eigenvalue weighted by molar-refractivity contribution is 0.0303. The van der Waals surface area contributed by atoms with Crippen LogP contribution in [0.5, 0.6) is 0 Å². The average molecular weight is 402 g/mol. The number of rotatable bonds is 6. The summed E-state index contributed by atoms with van der Waals surface area (Å²) in [6.45, 7) is 2.27. The molecule has 152 valence electrons. The van der Waals surface area contributed by atoms with Crippen molar-refractivity contribution in [1.82, 2.24) is 19.9 Å². The number of amides is 1. The van der Waals surface area contributed by atoms with Gasteiger partial charge in [-0.1, -0.05) is 12.1 Å². The van der Waals surface area contributed by atoms with Crippen molar-refractivity contribution in [2.24, 2.45) is 0 Å². The van der Waals surface area contributed by atoms with Crippen LogP contribution in [0.4, 0.5) is 11.5 Å². The Morgan fingerprint density at radius 3 is 2.90 bits per heavy atom. The number of pyridine rings is 1. The molecule has 30 heavy (non-hydrogen) atoms. The van der Waals surface area contributed by atoms with Crippen molar-refractivity contribution in [1.29, 1.82) is 5.41 Å². The maximum atomic E-state index is 12.9. The maximum Gasteiger partial charge on any atom is 0.257 e. The van der Waals surface area contributed by atoms with Gasteiger partial charge in [0.2, 0.25) is 0 Å². The molecule has 3 N–H and O–H groups in total. The third kappa shape index (κ3) is 4.44. The number of morpholine rings is 1. The minimum Gasteiger partial charge on any atom is -0.378 e. The number of carbonyl (C=O) groups is 1. The number of hydrogen-bond acceptors (Lipinski definition) is 6. The Labute approximate surface area is 174 Å². The van der Waals surface area contributed by atoms with Crippen LogP contribution in [0, 0.1) is 5.41 Å². The number of anilines is 2. The number of benzene rings is 1. The summed E-state index contributed by atoms with van der Waals surface area (Å²) in [5.41, 5.74) is 3.15. The van der Waals surface area contributed by atoms with Crippen LogP contribution in [0.3, 0.4) is 0 Å². The highest BCUT2D eigenvalue weighted by atomic mass is 16.5. The monoisotopic (exact) mass is 402 g/mol. The third-order valence-electron chi connectivity index (χ3n) is 4.72. The van der Waals surface area contributed by atoms with Crippen molar-refractivity contribution in [2.45, 2.75) is 0 Å². The van der Waals surface area contributed by atoms with Crippen LogP contribution in [0.2, 0.25) is 0 Å². The first-order valence-electron chi connectivity index (χ1n) is 9.66. The average Bonchev–Trinajstić information content (AvgIpc) is 3.27. The number of nitrogens with one attached hydrogen (secondary N) is 3. The van der Waals surface area contributed by atoms with Crippen molar-refractivity contribution in [2.75, 3.05) is 31.6 Å². The number of H-pyrrole nitrogens is 1. The fourth-order valence-electron chi connectivity index (χ4n) is 3.22. The molecule has 3 heterocycles. The normalized spacial score (nSPS) is 14.1. The van der Waals surface area contributed by atoms with Crippen LogP contribution in [0.25, 0.3) is 17.3 Å². The zero-order chi connectivity index (χ0) is 20.8. The quantitative estimate of drug-likeness (QED) is 0.548. The highest BCUT2D eigenvalue weighted by molar-refractivity contribution is 5.99. The topological polar surface area (TPSA) is 107 Å². The lowest BCUT2D eigenvalue weighted by Gasteiger charge is -2.27. The standard InChI is InChI=1S/C22H22N6O2/c23-8-2-7-20-25-15-19(27-20)16-4-1-5-17(14-16)26-21-18(6-3-9-24-21)22(29)28-10-12-30-13-11-28/h1-9,14-15,23H,10-13H2,(H,24,26)(H,25,27)/b7-2-,23-8?. The molecule has 0 saturated carbocycles. The van der Waals surface area contributed by atoms with Crippen LogP contribution in [-0.2, 0) is 4.74 Å². The zero-order valence-electron chi connectivity index (χ0n) is 16.3. The lowest BCUT2D eigenvalue weighted by atomic mass is 10.1. The van der Waals surface area contributed by atoms with Gasteiger partial charge in [-0.15, -0.1) is 0 Å². The van der Waals surface area contributed by atoms with Crippen molar-refractivity contribution in [3.05, 3.63) is 66.3 Å². The molecule has 1 saturated heterocycles. The Hall–Kier alpha value is -3.78. The van der Waals surface area contributed by atoms with Crippen molar-refractivity contribution in [3.8, 4) is 11.3 Å². The third-order valence-corrected chi connectivity index (χ3v) is 4.72. The Balaban J connectivity index is 1.56. The van der Waals surface area contributed by atoms with E-state index in [1.54, 1.807) is 41.6 Å². The van der Waals surface area contributed by atoms with Crippen molar-refractivity contribution in [3.63, 3.8) is 0 Å². The van der Waals surface area contributed by atoms with E-state index in [-0.39, 0.29) is 5.91 Å². The molecule has 1 fully saturated rings. The molecule has 0 bridgehead atoms. The predicted octanol–water partition coefficient (Wildman–Crippen LogP) is 3.35. The van der Waals surface area contributed by atoms with Crippen molar-refractivity contribution >= 4 is 29.7 Å². The van der Waals surface area contributed by atoms with Gasteiger partial charge in [0.25, 0.3) is 5.91 Å². The molecule has 0 aliphatic carbocycles. The highest BCUT2D eigenvalue weighted by Gasteiger charge is 2.21. The van der Waals surface area contributed by atoms with Crippen LogP contribution in [0.15, 0.2) is 54.9 Å². The SMILES string of the molecule is N=C/C=C\c1ncc(-c2cccc(Nc3ncccc3C(=O)N3CCOCC3)c2)[nH]1. The Morgan fingerprint density at radius 2 is 2.07 bits per heavy atom. The van der Waals surface area contributed by atoms with Gasteiger partial charge in [0.05, 0.1) is 30.7 Å².